The minimum Gasteiger partial charge on any atom is -0.490 e. The fourth-order valence-corrected chi connectivity index (χ4v) is 4.12. The lowest BCUT2D eigenvalue weighted by molar-refractivity contribution is -0.146. The number of cyclic esters (lactones) is 2. The zero-order valence-corrected chi connectivity index (χ0v) is 34.3. The van der Waals surface area contributed by atoms with E-state index >= 15 is 0 Å². The van der Waals surface area contributed by atoms with Crippen molar-refractivity contribution in [3.63, 3.8) is 0 Å². The highest BCUT2D eigenvalue weighted by Crippen LogP contribution is 2.15. The van der Waals surface area contributed by atoms with Crippen LogP contribution < -0.4 is 26.3 Å². The van der Waals surface area contributed by atoms with Crippen LogP contribution in [0.3, 0.4) is 0 Å². The van der Waals surface area contributed by atoms with Gasteiger partial charge in [0.05, 0.1) is 13.2 Å². The Labute approximate surface area is 358 Å². The molecule has 3 atom stereocenters. The van der Waals surface area contributed by atoms with Crippen LogP contribution in [-0.4, -0.2) is 108 Å². The number of nitrogens with one attached hydrogen (secondary N) is 1. The van der Waals surface area contributed by atoms with Crippen molar-refractivity contribution in [1.29, 1.82) is 0 Å². The molecule has 8 N–H and O–H groups in total. The van der Waals surface area contributed by atoms with E-state index in [0.717, 1.165) is 11.1 Å². The molecule has 0 unspecified atom stereocenters. The first kappa shape index (κ1) is 54.7. The third kappa shape index (κ3) is 28.7. The fourth-order valence-electron chi connectivity index (χ4n) is 4.01. The smallest absolute Gasteiger partial charge is 0.415 e. The van der Waals surface area contributed by atoms with Crippen LogP contribution in [0.15, 0.2) is 86.5 Å². The number of esters is 3. The largest absolute Gasteiger partial charge is 0.490 e. The number of alkyl halides is 1. The highest BCUT2D eigenvalue weighted by Gasteiger charge is 2.32. The van der Waals surface area contributed by atoms with Gasteiger partial charge in [0.1, 0.15) is 56.1 Å². The minimum atomic E-state index is -1.17. The predicted octanol–water partition coefficient (Wildman–Crippen LogP) is 3.89. The molecule has 336 valence electrons. The van der Waals surface area contributed by atoms with E-state index in [0.29, 0.717) is 43.8 Å². The first-order chi connectivity index (χ1) is 29.1. The maximum Gasteiger partial charge on any atom is 0.415 e. The Morgan fingerprint density at radius 2 is 1.16 bits per heavy atom. The van der Waals surface area contributed by atoms with Gasteiger partial charge in [0, 0.05) is 25.1 Å². The molecule has 0 aromatic heterocycles. The predicted molar refractivity (Wildman–Crippen MR) is 221 cm³/mol. The zero-order valence-electron chi connectivity index (χ0n) is 33.6. The number of hydrogen-bond donors (Lipinski definition) is 6. The molecule has 1 amide bonds. The molecule has 0 radical (unpaired) electrons. The number of amides is 1. The number of carbonyl (C=O) groups excluding carboxylic acids is 4. The summed E-state index contributed by atoms with van der Waals surface area (Å²) in [6, 6.07) is 11.4. The number of benzene rings is 2. The van der Waals surface area contributed by atoms with Crippen LogP contribution in [0.4, 0.5) is 4.79 Å². The zero-order chi connectivity index (χ0) is 46.0. The molecule has 2 aromatic carbocycles. The van der Waals surface area contributed by atoms with Crippen molar-refractivity contribution in [3.8, 4) is 11.5 Å². The van der Waals surface area contributed by atoms with Gasteiger partial charge < -0.3 is 60.5 Å². The van der Waals surface area contributed by atoms with Crippen LogP contribution in [0.25, 0.3) is 0 Å². The summed E-state index contributed by atoms with van der Waals surface area (Å²) < 4.78 is 30.0. The van der Waals surface area contributed by atoms with Crippen LogP contribution in [0, 0.1) is 0 Å². The first-order valence-corrected chi connectivity index (χ1v) is 19.0. The molecule has 2 aromatic rings. The number of rotatable bonds is 25. The van der Waals surface area contributed by atoms with Gasteiger partial charge in [-0.3, -0.25) is 24.0 Å². The topological polar surface area (TPSA) is 300 Å². The maximum atomic E-state index is 11.6. The average Bonchev–Trinajstić information content (AvgIpc) is 3.57. The van der Waals surface area contributed by atoms with Crippen LogP contribution >= 0.6 is 11.6 Å². The van der Waals surface area contributed by atoms with E-state index in [1.165, 1.54) is 0 Å². The van der Waals surface area contributed by atoms with Crippen molar-refractivity contribution < 1.29 is 77.3 Å². The monoisotopic (exact) mass is 879 g/mol. The highest BCUT2D eigenvalue weighted by molar-refractivity contribution is 6.17. The molecular weight excluding hydrogens is 826 g/mol. The number of aliphatic carboxylic acids is 3. The summed E-state index contributed by atoms with van der Waals surface area (Å²) in [5.41, 5.74) is 11.9. The van der Waals surface area contributed by atoms with Gasteiger partial charge in [-0.2, -0.15) is 0 Å². The maximum absolute atomic E-state index is 11.6. The number of nitrogens with two attached hydrogens (primary N) is 2. The van der Waals surface area contributed by atoms with Crippen molar-refractivity contribution in [2.45, 2.75) is 69.9 Å². The Hall–Kier alpha value is -6.28. The molecule has 0 aliphatic carbocycles. The van der Waals surface area contributed by atoms with E-state index in [-0.39, 0.29) is 51.7 Å². The number of ether oxygens (including phenoxy) is 6. The van der Waals surface area contributed by atoms with Gasteiger partial charge in [-0.25, -0.2) is 9.59 Å². The molecule has 0 bridgehead atoms. The van der Waals surface area contributed by atoms with Crippen LogP contribution in [0.5, 0.6) is 11.5 Å². The van der Waals surface area contributed by atoms with Gasteiger partial charge in [-0.05, 0) is 54.7 Å². The second kappa shape index (κ2) is 33.5. The van der Waals surface area contributed by atoms with E-state index in [9.17, 15) is 33.6 Å². The summed E-state index contributed by atoms with van der Waals surface area (Å²) in [4.78, 5) is 75.5. The lowest BCUT2D eigenvalue weighted by Gasteiger charge is -2.08. The molecule has 3 rings (SSSR count). The fraction of sp³-hybridized carbons (Fsp3) is 0.390. The van der Waals surface area contributed by atoms with Crippen molar-refractivity contribution in [1.82, 2.24) is 5.32 Å². The molecule has 1 heterocycles. The normalized spacial score (nSPS) is 13.2. The molecule has 0 spiro atoms. The Balaban J connectivity index is 0.000000866. The van der Waals surface area contributed by atoms with Crippen LogP contribution in [-0.2, 0) is 60.9 Å². The molecule has 1 fully saturated rings. The number of carboxylic acid groups (broad SMARTS) is 3. The molecule has 1 saturated heterocycles. The Morgan fingerprint density at radius 1 is 0.721 bits per heavy atom. The number of carboxylic acids is 3. The average molecular weight is 880 g/mol. The van der Waals surface area contributed by atoms with Crippen molar-refractivity contribution in [2.75, 3.05) is 32.3 Å². The van der Waals surface area contributed by atoms with E-state index in [1.54, 1.807) is 66.8 Å². The molecule has 20 heteroatoms. The van der Waals surface area contributed by atoms with E-state index in [1.807, 2.05) is 0 Å². The molecule has 61 heavy (non-hydrogen) atoms. The lowest BCUT2D eigenvalue weighted by atomic mass is 10.1. The van der Waals surface area contributed by atoms with Gasteiger partial charge in [0.2, 0.25) is 0 Å². The van der Waals surface area contributed by atoms with Crippen LogP contribution in [0.1, 0.15) is 49.7 Å². The highest BCUT2D eigenvalue weighted by atomic mass is 35.5. The molecule has 0 saturated carbocycles. The number of alkyl carbamates (subject to hydrolysis) is 1. The van der Waals surface area contributed by atoms with Gasteiger partial charge in [0.25, 0.3) is 0 Å². The quantitative estimate of drug-likeness (QED) is 0.0206. The molecular formula is C41H54ClN3O16. The SMILES string of the molecule is C=CCOCCCl.C=CCOc1ccc(COC(=O)CC[C@@H]2NC(=O)OC2=O)cc1.C=CCOc1ccc(COC(=O)CC[C@H](N)C(=O)O)cc1.N[C@@H](CCC(=O)O)C(=O)O. The molecule has 1 aliphatic rings. The molecule has 1 aliphatic heterocycles. The summed E-state index contributed by atoms with van der Waals surface area (Å²) in [6.07, 6.45) is 4.20. The van der Waals surface area contributed by atoms with Gasteiger partial charge >= 0.3 is 41.9 Å². The summed E-state index contributed by atoms with van der Waals surface area (Å²) >= 11 is 5.28. The van der Waals surface area contributed by atoms with Crippen molar-refractivity contribution >= 4 is 53.5 Å². The summed E-state index contributed by atoms with van der Waals surface area (Å²) in [7, 11) is 0. The first-order valence-electron chi connectivity index (χ1n) is 18.5. The summed E-state index contributed by atoms with van der Waals surface area (Å²) in [5.74, 6) is -2.94. The van der Waals surface area contributed by atoms with E-state index < -0.39 is 60.0 Å². The van der Waals surface area contributed by atoms with Gasteiger partial charge in [0.15, 0.2) is 0 Å². The third-order valence-corrected chi connectivity index (χ3v) is 7.36. The van der Waals surface area contributed by atoms with Crippen molar-refractivity contribution in [3.05, 3.63) is 97.6 Å². The second-order valence-electron chi connectivity index (χ2n) is 12.2. The number of hydrogen-bond acceptors (Lipinski definition) is 15. The summed E-state index contributed by atoms with van der Waals surface area (Å²) in [5, 5.41) is 27.2. The van der Waals surface area contributed by atoms with Gasteiger partial charge in [-0.15, -0.1) is 18.2 Å². The van der Waals surface area contributed by atoms with Crippen molar-refractivity contribution in [2.24, 2.45) is 11.5 Å². The molecule has 19 nitrogen and oxygen atoms in total. The Bertz CT molecular complexity index is 1690. The summed E-state index contributed by atoms with van der Waals surface area (Å²) in [6.45, 7) is 12.9. The van der Waals surface area contributed by atoms with Gasteiger partial charge in [-0.1, -0.05) is 55.7 Å². The van der Waals surface area contributed by atoms with E-state index in [4.69, 9.17) is 62.1 Å². The van der Waals surface area contributed by atoms with Crippen LogP contribution in [0.2, 0.25) is 0 Å². The number of carbonyl (C=O) groups is 7. The minimum absolute atomic E-state index is 0.0145. The lowest BCUT2D eigenvalue weighted by Crippen LogP contribution is -2.30. The number of halogens is 1. The van der Waals surface area contributed by atoms with E-state index in [2.05, 4.69) is 29.8 Å². The Kier molecular flexibility index (Phi) is 30.1. The standard InChI is InChI=1S/C16H17NO6.C15H19NO5.C5H9ClO.C5H9NO4/c1-2-9-21-12-5-3-11(4-6-12)10-22-14(18)8-7-13-15(19)23-16(20)17-13;1-2-9-20-12-5-3-11(4-6-12)10-21-14(17)8-7-13(16)15(18)19;1-2-4-7-5-3-6;6-3(5(9)10)1-2-4(7)8/h2-6,13H,1,7-10H2,(H,17,20);2-6,13H,1,7-10,16H2,(H,18,19);2H,1,3-5H2;3H,1-2,6H2,(H,7,8)(H,9,10)/t2*13-;;3-/m00.0/s1. The second-order valence-corrected chi connectivity index (χ2v) is 12.5. The third-order valence-electron chi connectivity index (χ3n) is 7.21. The Morgan fingerprint density at radius 3 is 1.54 bits per heavy atom.